The summed E-state index contributed by atoms with van der Waals surface area (Å²) in [5.41, 5.74) is 4.28. The van der Waals surface area contributed by atoms with Crippen molar-refractivity contribution in [2.75, 3.05) is 0 Å². The summed E-state index contributed by atoms with van der Waals surface area (Å²) in [7, 11) is 0. The first-order valence-electron chi connectivity index (χ1n) is 3.82. The van der Waals surface area contributed by atoms with Gasteiger partial charge in [0.1, 0.15) is 0 Å². The van der Waals surface area contributed by atoms with Crippen LogP contribution in [0.2, 0.25) is 0 Å². The Labute approximate surface area is 80.8 Å². The molecular formula is C10H16W. The van der Waals surface area contributed by atoms with Crippen molar-refractivity contribution in [2.24, 2.45) is 0 Å². The van der Waals surface area contributed by atoms with Crippen LogP contribution in [0.25, 0.3) is 0 Å². The molecule has 0 fully saturated rings. The molecule has 0 spiro atoms. The Morgan fingerprint density at radius 1 is 1.00 bits per heavy atom. The fourth-order valence-corrected chi connectivity index (χ4v) is 1.33. The van der Waals surface area contributed by atoms with Crippen molar-refractivity contribution in [3.8, 4) is 0 Å². The normalized spacial score (nSPS) is 14.5. The van der Waals surface area contributed by atoms with Crippen molar-refractivity contribution in [1.82, 2.24) is 0 Å². The fourth-order valence-electron chi connectivity index (χ4n) is 0.776. The maximum atomic E-state index is 2.20. The fraction of sp³-hybridized carbons (Fsp3) is 0.500. The summed E-state index contributed by atoms with van der Waals surface area (Å²) >= 11 is 1.57. The van der Waals surface area contributed by atoms with Crippen LogP contribution in [0.3, 0.4) is 0 Å². The third-order valence-electron chi connectivity index (χ3n) is 2.12. The SMILES string of the molecule is CC=C(C)/C(C)=C(/C)[C](C)=[W]. The molecule has 0 rings (SSSR count). The van der Waals surface area contributed by atoms with Crippen LogP contribution < -0.4 is 0 Å². The Bertz CT molecular complexity index is 219. The Hall–Kier alpha value is 0.0383. The van der Waals surface area contributed by atoms with Crippen LogP contribution in [0.15, 0.2) is 22.8 Å². The van der Waals surface area contributed by atoms with Crippen LogP contribution in [0.1, 0.15) is 34.6 Å². The van der Waals surface area contributed by atoms with E-state index in [1.807, 2.05) is 0 Å². The molecule has 0 radical (unpaired) electrons. The quantitative estimate of drug-likeness (QED) is 0.686. The summed E-state index contributed by atoms with van der Waals surface area (Å²) in [6.45, 7) is 10.8. The predicted octanol–water partition coefficient (Wildman–Crippen LogP) is 3.03. The van der Waals surface area contributed by atoms with Crippen molar-refractivity contribution in [3.63, 3.8) is 0 Å². The van der Waals surface area contributed by atoms with E-state index in [9.17, 15) is 0 Å². The van der Waals surface area contributed by atoms with E-state index in [1.165, 1.54) is 20.6 Å². The van der Waals surface area contributed by atoms with Crippen molar-refractivity contribution in [3.05, 3.63) is 22.8 Å². The van der Waals surface area contributed by atoms with Crippen LogP contribution in [-0.2, 0) is 19.4 Å². The van der Waals surface area contributed by atoms with E-state index < -0.39 is 0 Å². The minimum atomic E-state index is 1.39. The Balaban J connectivity index is 4.81. The molecule has 0 aromatic heterocycles. The second kappa shape index (κ2) is 4.82. The molecule has 0 nitrogen and oxygen atoms in total. The zero-order valence-electron chi connectivity index (χ0n) is 7.99. The van der Waals surface area contributed by atoms with Gasteiger partial charge in [-0.3, -0.25) is 0 Å². The third kappa shape index (κ3) is 3.29. The number of hydrogen-bond donors (Lipinski definition) is 0. The molecule has 0 aliphatic carbocycles. The van der Waals surface area contributed by atoms with Gasteiger partial charge in [0.05, 0.1) is 0 Å². The molecule has 62 valence electrons. The van der Waals surface area contributed by atoms with Crippen LogP contribution in [0.5, 0.6) is 0 Å². The molecular weight excluding hydrogens is 304 g/mol. The van der Waals surface area contributed by atoms with E-state index in [1.54, 1.807) is 19.4 Å². The van der Waals surface area contributed by atoms with Crippen LogP contribution in [0, 0.1) is 0 Å². The summed E-state index contributed by atoms with van der Waals surface area (Å²) in [6.07, 6.45) is 2.16. The average molecular weight is 320 g/mol. The van der Waals surface area contributed by atoms with E-state index in [0.717, 1.165) is 0 Å². The molecule has 0 aromatic carbocycles. The monoisotopic (exact) mass is 320 g/mol. The predicted molar refractivity (Wildman–Crippen MR) is 48.5 cm³/mol. The third-order valence-corrected chi connectivity index (χ3v) is 3.22. The van der Waals surface area contributed by atoms with Gasteiger partial charge >= 0.3 is 80.7 Å². The molecule has 0 atom stereocenters. The van der Waals surface area contributed by atoms with E-state index in [2.05, 4.69) is 40.7 Å². The van der Waals surface area contributed by atoms with E-state index in [0.29, 0.717) is 0 Å². The van der Waals surface area contributed by atoms with Crippen molar-refractivity contribution < 1.29 is 19.4 Å². The molecule has 0 N–H and O–H groups in total. The Morgan fingerprint density at radius 2 is 1.45 bits per heavy atom. The number of allylic oxidation sites excluding steroid dienone is 4. The standard InChI is InChI=1S/C10H16.W/c1-6-8(3)10(5)9(4)7-2;/h6H,1-5H3;/b8-6?,10-9-;. The van der Waals surface area contributed by atoms with Gasteiger partial charge in [-0.2, -0.15) is 0 Å². The molecule has 0 unspecified atom stereocenters. The second-order valence-corrected chi connectivity index (χ2v) is 4.98. The molecule has 11 heavy (non-hydrogen) atoms. The summed E-state index contributed by atoms with van der Waals surface area (Å²) in [5, 5.41) is 0. The van der Waals surface area contributed by atoms with Gasteiger partial charge < -0.3 is 0 Å². The Morgan fingerprint density at radius 3 is 1.73 bits per heavy atom. The minimum absolute atomic E-state index is 1.39. The Kier molecular flexibility index (Phi) is 4.84. The van der Waals surface area contributed by atoms with Gasteiger partial charge in [0.15, 0.2) is 0 Å². The first kappa shape index (κ1) is 11.0. The summed E-state index contributed by atoms with van der Waals surface area (Å²) in [6, 6.07) is 0. The molecule has 0 saturated carbocycles. The van der Waals surface area contributed by atoms with Gasteiger partial charge in [-0.05, 0) is 0 Å². The van der Waals surface area contributed by atoms with Gasteiger partial charge in [-0.1, -0.05) is 0 Å². The maximum absolute atomic E-state index is 2.20. The van der Waals surface area contributed by atoms with Crippen LogP contribution in [-0.4, -0.2) is 3.90 Å². The van der Waals surface area contributed by atoms with Gasteiger partial charge in [0, 0.05) is 0 Å². The van der Waals surface area contributed by atoms with Crippen molar-refractivity contribution in [1.29, 1.82) is 0 Å². The molecule has 0 aliphatic heterocycles. The van der Waals surface area contributed by atoms with Crippen LogP contribution in [0.4, 0.5) is 0 Å². The summed E-state index contributed by atoms with van der Waals surface area (Å²) in [4.78, 5) is 0. The van der Waals surface area contributed by atoms with Gasteiger partial charge in [-0.25, -0.2) is 0 Å². The first-order valence-corrected chi connectivity index (χ1v) is 5.29. The number of hydrogen-bond acceptors (Lipinski definition) is 0. The van der Waals surface area contributed by atoms with E-state index in [4.69, 9.17) is 0 Å². The molecule has 0 heterocycles. The zero-order chi connectivity index (χ0) is 9.02. The number of rotatable bonds is 2. The zero-order valence-corrected chi connectivity index (χ0v) is 10.9. The molecule has 0 aromatic rings. The topological polar surface area (TPSA) is 0 Å². The molecule has 0 saturated heterocycles. The van der Waals surface area contributed by atoms with Crippen molar-refractivity contribution in [2.45, 2.75) is 34.6 Å². The molecule has 0 aliphatic rings. The van der Waals surface area contributed by atoms with E-state index in [-0.39, 0.29) is 0 Å². The van der Waals surface area contributed by atoms with Crippen molar-refractivity contribution >= 4 is 3.90 Å². The van der Waals surface area contributed by atoms with Gasteiger partial charge in [-0.15, -0.1) is 0 Å². The average Bonchev–Trinajstić information content (AvgIpc) is 2.00. The molecule has 0 amide bonds. The molecule has 1 heteroatoms. The van der Waals surface area contributed by atoms with E-state index >= 15 is 0 Å². The van der Waals surface area contributed by atoms with Crippen LogP contribution >= 0.6 is 0 Å². The second-order valence-electron chi connectivity index (χ2n) is 2.78. The summed E-state index contributed by atoms with van der Waals surface area (Å²) in [5.74, 6) is 0. The van der Waals surface area contributed by atoms with Gasteiger partial charge in [0.25, 0.3) is 0 Å². The van der Waals surface area contributed by atoms with Gasteiger partial charge in [0.2, 0.25) is 0 Å². The first-order chi connectivity index (χ1) is 5.00. The molecule has 0 bridgehead atoms. The summed E-state index contributed by atoms with van der Waals surface area (Å²) < 4.78 is 1.49.